The summed E-state index contributed by atoms with van der Waals surface area (Å²) in [6, 6.07) is 7.70. The third-order valence-electron chi connectivity index (χ3n) is 5.69. The number of rotatable bonds is 8. The van der Waals surface area contributed by atoms with Gasteiger partial charge in [-0.1, -0.05) is 32.4 Å². The predicted molar refractivity (Wildman–Crippen MR) is 110 cm³/mol. The number of ether oxygens (including phenoxy) is 1. The minimum Gasteiger partial charge on any atom is -0.480 e. The fraction of sp³-hybridized carbons (Fsp3) is 0.591. The van der Waals surface area contributed by atoms with Gasteiger partial charge in [0.1, 0.15) is 12.3 Å². The first kappa shape index (κ1) is 22.9. The lowest BCUT2D eigenvalue weighted by Crippen LogP contribution is -2.37. The Labute approximate surface area is 172 Å². The van der Waals surface area contributed by atoms with Gasteiger partial charge >= 0.3 is 11.9 Å². The van der Waals surface area contributed by atoms with Gasteiger partial charge in [-0.25, -0.2) is 0 Å². The molecule has 0 saturated carbocycles. The molecular formula is C22H32N2O5. The Bertz CT molecular complexity index is 736. The summed E-state index contributed by atoms with van der Waals surface area (Å²) >= 11 is 0. The third-order valence-corrected chi connectivity index (χ3v) is 5.69. The normalized spacial score (nSPS) is 21.1. The Hall–Kier alpha value is -2.41. The average Bonchev–Trinajstić information content (AvgIpc) is 2.88. The molecule has 1 aromatic rings. The fourth-order valence-electron chi connectivity index (χ4n) is 3.96. The van der Waals surface area contributed by atoms with Crippen molar-refractivity contribution in [2.24, 2.45) is 5.92 Å². The summed E-state index contributed by atoms with van der Waals surface area (Å²) < 4.78 is 5.53. The standard InChI is InChI=1S/C22H32N2O5/c1-4-22(10-5-6-11-24(3)15-22)17-8-7-9-18(13-17)29-21(28)16(2)12-19(25)23-14-20(26)27/h7-9,13,16H,4-6,10-12,14-15H2,1-3H3,(H,23,25)(H,26,27). The summed E-state index contributed by atoms with van der Waals surface area (Å²) in [5, 5.41) is 10.9. The van der Waals surface area contributed by atoms with Gasteiger partial charge in [0.2, 0.25) is 5.91 Å². The van der Waals surface area contributed by atoms with E-state index in [4.69, 9.17) is 9.84 Å². The van der Waals surface area contributed by atoms with Gasteiger partial charge in [-0.05, 0) is 50.6 Å². The van der Waals surface area contributed by atoms with E-state index in [1.54, 1.807) is 13.0 Å². The number of carbonyl (C=O) groups excluding carboxylic acids is 2. The number of likely N-dealkylation sites (N-methyl/N-ethyl adjacent to an activating group) is 1. The molecule has 0 bridgehead atoms. The Balaban J connectivity index is 2.05. The monoisotopic (exact) mass is 404 g/mol. The molecule has 7 heteroatoms. The Morgan fingerprint density at radius 1 is 1.31 bits per heavy atom. The second-order valence-corrected chi connectivity index (χ2v) is 8.05. The highest BCUT2D eigenvalue weighted by Crippen LogP contribution is 2.37. The first-order valence-corrected chi connectivity index (χ1v) is 10.2. The lowest BCUT2D eigenvalue weighted by molar-refractivity contribution is -0.141. The first-order chi connectivity index (χ1) is 13.8. The zero-order chi connectivity index (χ0) is 21.4. The maximum Gasteiger partial charge on any atom is 0.322 e. The average molecular weight is 405 g/mol. The number of hydrogen-bond acceptors (Lipinski definition) is 5. The number of benzene rings is 1. The van der Waals surface area contributed by atoms with Crippen molar-refractivity contribution in [3.8, 4) is 5.75 Å². The van der Waals surface area contributed by atoms with Crippen molar-refractivity contribution in [2.75, 3.05) is 26.7 Å². The van der Waals surface area contributed by atoms with Crippen LogP contribution in [0.1, 0.15) is 51.5 Å². The van der Waals surface area contributed by atoms with Crippen molar-refractivity contribution in [1.82, 2.24) is 10.2 Å². The van der Waals surface area contributed by atoms with Gasteiger partial charge in [-0.2, -0.15) is 0 Å². The van der Waals surface area contributed by atoms with Crippen LogP contribution in [0.25, 0.3) is 0 Å². The molecule has 2 rings (SSSR count). The van der Waals surface area contributed by atoms with Crippen molar-refractivity contribution >= 4 is 17.8 Å². The van der Waals surface area contributed by atoms with E-state index < -0.39 is 30.3 Å². The SMILES string of the molecule is CCC1(c2cccc(OC(=O)C(C)CC(=O)NCC(=O)O)c2)CCCCN(C)C1. The summed E-state index contributed by atoms with van der Waals surface area (Å²) in [6.45, 7) is 5.41. The molecule has 2 unspecified atom stereocenters. The second kappa shape index (κ2) is 10.4. The number of carbonyl (C=O) groups is 3. The zero-order valence-electron chi connectivity index (χ0n) is 17.6. The van der Waals surface area contributed by atoms with Gasteiger partial charge in [0.15, 0.2) is 0 Å². The van der Waals surface area contributed by atoms with Crippen molar-refractivity contribution in [1.29, 1.82) is 0 Å². The van der Waals surface area contributed by atoms with Crippen LogP contribution in [0.5, 0.6) is 5.75 Å². The lowest BCUT2D eigenvalue weighted by atomic mass is 9.74. The lowest BCUT2D eigenvalue weighted by Gasteiger charge is -2.35. The molecule has 1 saturated heterocycles. The van der Waals surface area contributed by atoms with E-state index in [-0.39, 0.29) is 11.8 Å². The Kier molecular flexibility index (Phi) is 8.20. The number of nitrogens with zero attached hydrogens (tertiary/aromatic N) is 1. The maximum absolute atomic E-state index is 12.4. The summed E-state index contributed by atoms with van der Waals surface area (Å²) in [5.74, 6) is -2.31. The molecule has 2 N–H and O–H groups in total. The van der Waals surface area contributed by atoms with E-state index in [2.05, 4.69) is 30.3 Å². The topological polar surface area (TPSA) is 95.9 Å². The third kappa shape index (κ3) is 6.56. The summed E-state index contributed by atoms with van der Waals surface area (Å²) in [5.41, 5.74) is 1.21. The quantitative estimate of drug-likeness (QED) is 0.511. The number of carboxylic acids is 1. The Morgan fingerprint density at radius 2 is 2.07 bits per heavy atom. The number of amides is 1. The van der Waals surface area contributed by atoms with Crippen LogP contribution in [0.4, 0.5) is 0 Å². The molecule has 1 aromatic carbocycles. The number of hydrogen-bond donors (Lipinski definition) is 2. The van der Waals surface area contributed by atoms with Gasteiger partial charge in [0.25, 0.3) is 0 Å². The van der Waals surface area contributed by atoms with E-state index in [1.165, 1.54) is 18.4 Å². The highest BCUT2D eigenvalue weighted by Gasteiger charge is 2.33. The van der Waals surface area contributed by atoms with Crippen molar-refractivity contribution < 1.29 is 24.2 Å². The highest BCUT2D eigenvalue weighted by molar-refractivity contribution is 5.85. The van der Waals surface area contributed by atoms with Crippen molar-refractivity contribution in [3.63, 3.8) is 0 Å². The van der Waals surface area contributed by atoms with E-state index in [0.717, 1.165) is 25.9 Å². The summed E-state index contributed by atoms with van der Waals surface area (Å²) in [4.78, 5) is 37.0. The van der Waals surface area contributed by atoms with Crippen LogP contribution in [0.2, 0.25) is 0 Å². The molecular weight excluding hydrogens is 372 g/mol. The van der Waals surface area contributed by atoms with Gasteiger partial charge in [-0.15, -0.1) is 0 Å². The molecule has 0 aliphatic carbocycles. The van der Waals surface area contributed by atoms with Crippen LogP contribution in [0, 0.1) is 5.92 Å². The molecule has 160 valence electrons. The number of likely N-dealkylation sites (tertiary alicyclic amines) is 1. The highest BCUT2D eigenvalue weighted by atomic mass is 16.5. The predicted octanol–water partition coefficient (Wildman–Crippen LogP) is 2.58. The largest absolute Gasteiger partial charge is 0.480 e. The minimum absolute atomic E-state index is 0.0377. The molecule has 29 heavy (non-hydrogen) atoms. The molecule has 0 radical (unpaired) electrons. The maximum atomic E-state index is 12.4. The van der Waals surface area contributed by atoms with Crippen LogP contribution in [0.15, 0.2) is 24.3 Å². The first-order valence-electron chi connectivity index (χ1n) is 10.2. The van der Waals surface area contributed by atoms with E-state index in [9.17, 15) is 14.4 Å². The number of nitrogens with one attached hydrogen (secondary N) is 1. The Morgan fingerprint density at radius 3 is 2.76 bits per heavy atom. The van der Waals surface area contributed by atoms with Gasteiger partial charge in [0, 0.05) is 18.4 Å². The summed E-state index contributed by atoms with van der Waals surface area (Å²) in [7, 11) is 2.15. The summed E-state index contributed by atoms with van der Waals surface area (Å²) in [6.07, 6.45) is 4.36. The molecule has 0 spiro atoms. The fourth-order valence-corrected chi connectivity index (χ4v) is 3.96. The molecule has 1 aliphatic heterocycles. The molecule has 7 nitrogen and oxygen atoms in total. The molecule has 1 aliphatic rings. The molecule has 2 atom stereocenters. The number of aliphatic carboxylic acids is 1. The van der Waals surface area contributed by atoms with Crippen LogP contribution < -0.4 is 10.1 Å². The molecule has 0 aromatic heterocycles. The number of esters is 1. The van der Waals surface area contributed by atoms with E-state index in [0.29, 0.717) is 5.75 Å². The zero-order valence-corrected chi connectivity index (χ0v) is 17.6. The smallest absolute Gasteiger partial charge is 0.322 e. The van der Waals surface area contributed by atoms with Crippen molar-refractivity contribution in [2.45, 2.75) is 51.4 Å². The molecule has 1 fully saturated rings. The van der Waals surface area contributed by atoms with Gasteiger partial charge in [-0.3, -0.25) is 14.4 Å². The van der Waals surface area contributed by atoms with Crippen LogP contribution >= 0.6 is 0 Å². The molecule has 1 heterocycles. The van der Waals surface area contributed by atoms with Crippen LogP contribution in [-0.2, 0) is 19.8 Å². The second-order valence-electron chi connectivity index (χ2n) is 8.05. The minimum atomic E-state index is -1.13. The van der Waals surface area contributed by atoms with Crippen LogP contribution in [0.3, 0.4) is 0 Å². The van der Waals surface area contributed by atoms with E-state index in [1.807, 2.05) is 12.1 Å². The molecule has 1 amide bonds. The van der Waals surface area contributed by atoms with Gasteiger partial charge < -0.3 is 20.1 Å². The van der Waals surface area contributed by atoms with E-state index >= 15 is 0 Å². The van der Waals surface area contributed by atoms with Gasteiger partial charge in [0.05, 0.1) is 5.92 Å². The van der Waals surface area contributed by atoms with Crippen molar-refractivity contribution in [3.05, 3.63) is 29.8 Å². The number of carboxylic acid groups (broad SMARTS) is 1. The van der Waals surface area contributed by atoms with Crippen LogP contribution in [-0.4, -0.2) is 54.5 Å².